The van der Waals surface area contributed by atoms with Gasteiger partial charge in [0.2, 0.25) is 0 Å². The van der Waals surface area contributed by atoms with Crippen molar-refractivity contribution in [1.29, 1.82) is 0 Å². The summed E-state index contributed by atoms with van der Waals surface area (Å²) in [5.74, 6) is -0.169. The molecular weight excluding hydrogens is 305 g/mol. The van der Waals surface area contributed by atoms with Gasteiger partial charge in [0, 0.05) is 17.6 Å². The SMILES string of the molecule is CC(C)(N)c1cc(-c2ccc(F)cc2)nc(C(O)(CN)C2CC2)c1. The number of rotatable bonds is 5. The Morgan fingerprint density at radius 3 is 2.33 bits per heavy atom. The molecule has 0 radical (unpaired) electrons. The van der Waals surface area contributed by atoms with Crippen LogP contribution in [0.15, 0.2) is 36.4 Å². The Morgan fingerprint density at radius 1 is 1.21 bits per heavy atom. The molecule has 0 bridgehead atoms. The van der Waals surface area contributed by atoms with E-state index in [1.165, 1.54) is 12.1 Å². The van der Waals surface area contributed by atoms with Crippen LogP contribution in [0.1, 0.15) is 37.9 Å². The normalized spacial score (nSPS) is 17.6. The van der Waals surface area contributed by atoms with Crippen molar-refractivity contribution in [1.82, 2.24) is 4.98 Å². The van der Waals surface area contributed by atoms with Crippen molar-refractivity contribution >= 4 is 0 Å². The van der Waals surface area contributed by atoms with Crippen LogP contribution in [0.2, 0.25) is 0 Å². The first kappa shape index (κ1) is 17.0. The summed E-state index contributed by atoms with van der Waals surface area (Å²) in [7, 11) is 0. The highest BCUT2D eigenvalue weighted by atomic mass is 19.1. The number of halogens is 1. The summed E-state index contributed by atoms with van der Waals surface area (Å²) >= 11 is 0. The zero-order valence-electron chi connectivity index (χ0n) is 14.1. The van der Waals surface area contributed by atoms with E-state index in [4.69, 9.17) is 11.5 Å². The van der Waals surface area contributed by atoms with Gasteiger partial charge in [-0.05, 0) is 74.6 Å². The van der Waals surface area contributed by atoms with Crippen LogP contribution in [0.25, 0.3) is 11.3 Å². The quantitative estimate of drug-likeness (QED) is 0.787. The Hall–Kier alpha value is -1.82. The summed E-state index contributed by atoms with van der Waals surface area (Å²) in [5, 5.41) is 11.0. The standard InChI is InChI=1S/C19H24FN3O/c1-18(2,22)14-9-16(12-3-7-15(20)8-4-12)23-17(10-14)19(24,11-21)13-5-6-13/h3-4,7-10,13,24H,5-6,11,21-22H2,1-2H3. The van der Waals surface area contributed by atoms with Crippen LogP contribution in [0, 0.1) is 11.7 Å². The van der Waals surface area contributed by atoms with Crippen LogP contribution in [-0.2, 0) is 11.1 Å². The van der Waals surface area contributed by atoms with Gasteiger partial charge in [-0.3, -0.25) is 0 Å². The molecule has 1 aromatic carbocycles. The molecule has 128 valence electrons. The summed E-state index contributed by atoms with van der Waals surface area (Å²) in [6.07, 6.45) is 1.88. The Kier molecular flexibility index (Phi) is 4.20. The van der Waals surface area contributed by atoms with Crippen molar-refractivity contribution in [3.05, 3.63) is 53.5 Å². The summed E-state index contributed by atoms with van der Waals surface area (Å²) in [6.45, 7) is 3.92. The Labute approximate surface area is 141 Å². The first-order chi connectivity index (χ1) is 11.2. The fraction of sp³-hybridized carbons (Fsp3) is 0.421. The smallest absolute Gasteiger partial charge is 0.123 e. The predicted octanol–water partition coefficient (Wildman–Crippen LogP) is 2.64. The highest BCUT2D eigenvalue weighted by molar-refractivity contribution is 5.61. The van der Waals surface area contributed by atoms with E-state index in [1.807, 2.05) is 26.0 Å². The zero-order valence-corrected chi connectivity index (χ0v) is 14.1. The third kappa shape index (κ3) is 3.20. The third-order valence-corrected chi connectivity index (χ3v) is 4.72. The lowest BCUT2D eigenvalue weighted by Gasteiger charge is -2.29. The molecule has 1 heterocycles. The van der Waals surface area contributed by atoms with Crippen LogP contribution in [-0.4, -0.2) is 16.6 Å². The van der Waals surface area contributed by atoms with Crippen LogP contribution in [0.3, 0.4) is 0 Å². The molecule has 3 rings (SSSR count). The molecule has 1 fully saturated rings. The first-order valence-electron chi connectivity index (χ1n) is 8.24. The molecule has 1 aliphatic rings. The maximum atomic E-state index is 13.2. The first-order valence-corrected chi connectivity index (χ1v) is 8.24. The second kappa shape index (κ2) is 5.92. The minimum Gasteiger partial charge on any atom is -0.382 e. The molecule has 1 aromatic heterocycles. The van der Waals surface area contributed by atoms with Gasteiger partial charge in [0.1, 0.15) is 11.4 Å². The Bertz CT molecular complexity index is 735. The predicted molar refractivity (Wildman–Crippen MR) is 92.5 cm³/mol. The van der Waals surface area contributed by atoms with Crippen molar-refractivity contribution in [2.24, 2.45) is 17.4 Å². The maximum Gasteiger partial charge on any atom is 0.123 e. The van der Waals surface area contributed by atoms with E-state index in [2.05, 4.69) is 4.98 Å². The van der Waals surface area contributed by atoms with Gasteiger partial charge in [-0.15, -0.1) is 0 Å². The highest BCUT2D eigenvalue weighted by Crippen LogP contribution is 2.45. The molecule has 0 saturated heterocycles. The molecule has 1 unspecified atom stereocenters. The molecule has 5 heteroatoms. The van der Waals surface area contributed by atoms with E-state index in [0.29, 0.717) is 11.4 Å². The van der Waals surface area contributed by atoms with Crippen LogP contribution in [0.5, 0.6) is 0 Å². The van der Waals surface area contributed by atoms with E-state index in [1.54, 1.807) is 12.1 Å². The van der Waals surface area contributed by atoms with Gasteiger partial charge in [0.15, 0.2) is 0 Å². The second-order valence-electron chi connectivity index (χ2n) is 7.26. The number of aromatic nitrogens is 1. The number of hydrogen-bond donors (Lipinski definition) is 3. The van der Waals surface area contributed by atoms with Gasteiger partial charge in [-0.25, -0.2) is 9.37 Å². The topological polar surface area (TPSA) is 85.2 Å². The van der Waals surface area contributed by atoms with E-state index in [9.17, 15) is 9.50 Å². The molecule has 4 nitrogen and oxygen atoms in total. The van der Waals surface area contributed by atoms with Crippen LogP contribution in [0.4, 0.5) is 4.39 Å². The summed E-state index contributed by atoms with van der Waals surface area (Å²) < 4.78 is 13.2. The molecule has 1 atom stereocenters. The molecule has 2 aromatic rings. The lowest BCUT2D eigenvalue weighted by Crippen LogP contribution is -2.39. The Morgan fingerprint density at radius 2 is 1.83 bits per heavy atom. The molecule has 24 heavy (non-hydrogen) atoms. The fourth-order valence-electron chi connectivity index (χ4n) is 2.93. The highest BCUT2D eigenvalue weighted by Gasteiger charge is 2.45. The summed E-state index contributed by atoms with van der Waals surface area (Å²) in [5.41, 5.74) is 13.3. The summed E-state index contributed by atoms with van der Waals surface area (Å²) in [6, 6.07) is 9.87. The van der Waals surface area contributed by atoms with Gasteiger partial charge < -0.3 is 16.6 Å². The monoisotopic (exact) mass is 329 g/mol. The molecule has 0 spiro atoms. The number of hydrogen-bond acceptors (Lipinski definition) is 4. The molecule has 1 saturated carbocycles. The largest absolute Gasteiger partial charge is 0.382 e. The van der Waals surface area contributed by atoms with E-state index < -0.39 is 11.1 Å². The van der Waals surface area contributed by atoms with Crippen molar-refractivity contribution in [3.8, 4) is 11.3 Å². The molecule has 0 aliphatic heterocycles. The zero-order chi connectivity index (χ0) is 17.5. The van der Waals surface area contributed by atoms with Gasteiger partial charge in [0.25, 0.3) is 0 Å². The van der Waals surface area contributed by atoms with Gasteiger partial charge >= 0.3 is 0 Å². The number of nitrogens with two attached hydrogens (primary N) is 2. The van der Waals surface area contributed by atoms with Crippen LogP contribution >= 0.6 is 0 Å². The van der Waals surface area contributed by atoms with Crippen molar-refractivity contribution < 1.29 is 9.50 Å². The number of nitrogens with zero attached hydrogens (tertiary/aromatic N) is 1. The minimum absolute atomic E-state index is 0.113. The van der Waals surface area contributed by atoms with Gasteiger partial charge in [-0.1, -0.05) is 0 Å². The number of aliphatic hydroxyl groups is 1. The maximum absolute atomic E-state index is 13.2. The second-order valence-corrected chi connectivity index (χ2v) is 7.26. The van der Waals surface area contributed by atoms with Gasteiger partial charge in [-0.2, -0.15) is 0 Å². The van der Waals surface area contributed by atoms with E-state index in [-0.39, 0.29) is 18.3 Å². The molecular formula is C19H24FN3O. The lowest BCUT2D eigenvalue weighted by atomic mass is 9.87. The average molecular weight is 329 g/mol. The number of pyridine rings is 1. The fourth-order valence-corrected chi connectivity index (χ4v) is 2.93. The van der Waals surface area contributed by atoms with E-state index in [0.717, 1.165) is 24.0 Å². The summed E-state index contributed by atoms with van der Waals surface area (Å²) in [4.78, 5) is 4.64. The van der Waals surface area contributed by atoms with Gasteiger partial charge in [0.05, 0.1) is 11.4 Å². The van der Waals surface area contributed by atoms with Crippen molar-refractivity contribution in [2.75, 3.05) is 6.54 Å². The van der Waals surface area contributed by atoms with Crippen LogP contribution < -0.4 is 11.5 Å². The van der Waals surface area contributed by atoms with E-state index >= 15 is 0 Å². The molecule has 0 amide bonds. The average Bonchev–Trinajstić information content (AvgIpc) is 3.39. The number of benzene rings is 1. The van der Waals surface area contributed by atoms with Crippen molar-refractivity contribution in [2.45, 2.75) is 37.8 Å². The molecule has 1 aliphatic carbocycles. The lowest BCUT2D eigenvalue weighted by molar-refractivity contribution is 0.0179. The Balaban J connectivity index is 2.15. The minimum atomic E-state index is -1.14. The third-order valence-electron chi connectivity index (χ3n) is 4.72. The molecule has 5 N–H and O–H groups in total. The van der Waals surface area contributed by atoms with Crippen molar-refractivity contribution in [3.63, 3.8) is 0 Å².